The van der Waals surface area contributed by atoms with E-state index in [9.17, 15) is 4.79 Å². The third-order valence-electron chi connectivity index (χ3n) is 2.44. The molecular formula is C13H19NO3. The molecule has 0 saturated carbocycles. The smallest absolute Gasteiger partial charge is 0.220 e. The lowest BCUT2D eigenvalue weighted by Crippen LogP contribution is -2.27. The van der Waals surface area contributed by atoms with Gasteiger partial charge in [-0.15, -0.1) is 0 Å². The zero-order valence-corrected chi connectivity index (χ0v) is 10.4. The molecule has 17 heavy (non-hydrogen) atoms. The van der Waals surface area contributed by atoms with E-state index >= 15 is 0 Å². The van der Waals surface area contributed by atoms with Crippen LogP contribution in [0.15, 0.2) is 24.3 Å². The van der Waals surface area contributed by atoms with Crippen LogP contribution in [0.5, 0.6) is 5.75 Å². The number of carbonyl (C=O) groups excluding carboxylic acids is 1. The summed E-state index contributed by atoms with van der Waals surface area (Å²) in [5, 5.41) is 2.79. The van der Waals surface area contributed by atoms with Crippen molar-refractivity contribution in [1.29, 1.82) is 0 Å². The van der Waals surface area contributed by atoms with Crippen molar-refractivity contribution in [2.24, 2.45) is 0 Å². The molecule has 0 radical (unpaired) electrons. The number of ether oxygens (including phenoxy) is 2. The third-order valence-corrected chi connectivity index (χ3v) is 2.44. The van der Waals surface area contributed by atoms with E-state index in [-0.39, 0.29) is 5.91 Å². The normalized spacial score (nSPS) is 10.0. The van der Waals surface area contributed by atoms with Gasteiger partial charge in [-0.05, 0) is 18.1 Å². The average Bonchev–Trinajstić information content (AvgIpc) is 2.37. The Balaban J connectivity index is 2.36. The fraction of sp³-hybridized carbons (Fsp3) is 0.462. The van der Waals surface area contributed by atoms with Gasteiger partial charge in [0, 0.05) is 20.1 Å². The van der Waals surface area contributed by atoms with E-state index in [0.29, 0.717) is 26.0 Å². The fourth-order valence-corrected chi connectivity index (χ4v) is 1.54. The highest BCUT2D eigenvalue weighted by molar-refractivity contribution is 5.76. The number of methoxy groups -OCH3 is 2. The summed E-state index contributed by atoms with van der Waals surface area (Å²) in [4.78, 5) is 11.5. The molecule has 94 valence electrons. The molecule has 0 spiro atoms. The lowest BCUT2D eigenvalue weighted by molar-refractivity contribution is -0.121. The number of hydrogen-bond donors (Lipinski definition) is 1. The molecule has 0 heterocycles. The first kappa shape index (κ1) is 13.5. The van der Waals surface area contributed by atoms with Gasteiger partial charge in [0.15, 0.2) is 0 Å². The Kier molecular flexibility index (Phi) is 6.10. The van der Waals surface area contributed by atoms with E-state index < -0.39 is 0 Å². The number of amides is 1. The van der Waals surface area contributed by atoms with Crippen LogP contribution < -0.4 is 10.1 Å². The summed E-state index contributed by atoms with van der Waals surface area (Å²) in [6, 6.07) is 7.74. The number of carbonyl (C=O) groups is 1. The largest absolute Gasteiger partial charge is 0.496 e. The average molecular weight is 237 g/mol. The third kappa shape index (κ3) is 4.87. The molecule has 0 saturated heterocycles. The van der Waals surface area contributed by atoms with Gasteiger partial charge in [-0.25, -0.2) is 0 Å². The van der Waals surface area contributed by atoms with Crippen LogP contribution in [0.1, 0.15) is 12.0 Å². The molecule has 1 N–H and O–H groups in total. The van der Waals surface area contributed by atoms with Crippen LogP contribution in [0.3, 0.4) is 0 Å². The van der Waals surface area contributed by atoms with Crippen molar-refractivity contribution in [2.45, 2.75) is 12.8 Å². The van der Waals surface area contributed by atoms with E-state index in [0.717, 1.165) is 11.3 Å². The molecule has 0 bridgehead atoms. The number of nitrogens with one attached hydrogen (secondary N) is 1. The van der Waals surface area contributed by atoms with E-state index in [4.69, 9.17) is 9.47 Å². The second-order valence-corrected chi connectivity index (χ2v) is 3.65. The Morgan fingerprint density at radius 1 is 1.29 bits per heavy atom. The van der Waals surface area contributed by atoms with Crippen LogP contribution in [-0.4, -0.2) is 33.3 Å². The first-order chi connectivity index (χ1) is 8.27. The van der Waals surface area contributed by atoms with Crippen LogP contribution in [0.4, 0.5) is 0 Å². The van der Waals surface area contributed by atoms with E-state index in [2.05, 4.69) is 5.32 Å². The number of hydrogen-bond acceptors (Lipinski definition) is 3. The van der Waals surface area contributed by atoms with Crippen molar-refractivity contribution in [3.8, 4) is 5.75 Å². The molecule has 0 aromatic heterocycles. The number of benzene rings is 1. The van der Waals surface area contributed by atoms with Crippen LogP contribution in [0.2, 0.25) is 0 Å². The number of aryl methyl sites for hydroxylation is 1. The van der Waals surface area contributed by atoms with Crippen LogP contribution >= 0.6 is 0 Å². The summed E-state index contributed by atoms with van der Waals surface area (Å²) in [6.07, 6.45) is 1.15. The van der Waals surface area contributed by atoms with Crippen molar-refractivity contribution in [2.75, 3.05) is 27.4 Å². The molecule has 1 aromatic rings. The molecule has 0 fully saturated rings. The second-order valence-electron chi connectivity index (χ2n) is 3.65. The molecule has 4 nitrogen and oxygen atoms in total. The Morgan fingerprint density at radius 2 is 2.06 bits per heavy atom. The summed E-state index contributed by atoms with van der Waals surface area (Å²) in [5.74, 6) is 0.866. The molecule has 0 unspecified atom stereocenters. The molecule has 1 amide bonds. The molecule has 1 aromatic carbocycles. The van der Waals surface area contributed by atoms with Gasteiger partial charge in [-0.2, -0.15) is 0 Å². The summed E-state index contributed by atoms with van der Waals surface area (Å²) < 4.78 is 10.1. The minimum Gasteiger partial charge on any atom is -0.496 e. The van der Waals surface area contributed by atoms with E-state index in [1.807, 2.05) is 24.3 Å². The molecular weight excluding hydrogens is 218 g/mol. The van der Waals surface area contributed by atoms with Crippen LogP contribution in [-0.2, 0) is 16.0 Å². The van der Waals surface area contributed by atoms with Gasteiger partial charge in [0.25, 0.3) is 0 Å². The minimum atomic E-state index is 0.0351. The molecule has 0 aliphatic rings. The predicted molar refractivity (Wildman–Crippen MR) is 66.2 cm³/mol. The topological polar surface area (TPSA) is 47.6 Å². The van der Waals surface area contributed by atoms with Crippen molar-refractivity contribution in [3.05, 3.63) is 29.8 Å². The predicted octanol–water partition coefficient (Wildman–Crippen LogP) is 1.39. The van der Waals surface area contributed by atoms with Crippen LogP contribution in [0, 0.1) is 0 Å². The van der Waals surface area contributed by atoms with Gasteiger partial charge in [0.05, 0.1) is 13.7 Å². The summed E-state index contributed by atoms with van der Waals surface area (Å²) in [5.41, 5.74) is 1.05. The monoisotopic (exact) mass is 237 g/mol. The summed E-state index contributed by atoms with van der Waals surface area (Å²) in [7, 11) is 3.25. The summed E-state index contributed by atoms with van der Waals surface area (Å²) >= 11 is 0. The lowest BCUT2D eigenvalue weighted by Gasteiger charge is -2.08. The highest BCUT2D eigenvalue weighted by Gasteiger charge is 2.05. The fourth-order valence-electron chi connectivity index (χ4n) is 1.54. The van der Waals surface area contributed by atoms with E-state index in [1.165, 1.54) is 0 Å². The standard InChI is InChI=1S/C13H19NO3/c1-16-10-9-14-13(15)8-7-11-5-3-4-6-12(11)17-2/h3-6H,7-10H2,1-2H3,(H,14,15). The molecule has 0 aliphatic carbocycles. The van der Waals surface area contributed by atoms with Crippen molar-refractivity contribution in [1.82, 2.24) is 5.32 Å². The first-order valence-electron chi connectivity index (χ1n) is 5.65. The SMILES string of the molecule is COCCNC(=O)CCc1ccccc1OC. The van der Waals surface area contributed by atoms with Crippen molar-refractivity contribution < 1.29 is 14.3 Å². The maximum atomic E-state index is 11.5. The van der Waals surface area contributed by atoms with E-state index in [1.54, 1.807) is 14.2 Å². The molecule has 1 rings (SSSR count). The zero-order chi connectivity index (χ0) is 12.5. The molecule has 0 aliphatic heterocycles. The number of para-hydroxylation sites is 1. The summed E-state index contributed by atoms with van der Waals surface area (Å²) in [6.45, 7) is 1.10. The quantitative estimate of drug-likeness (QED) is 0.729. The minimum absolute atomic E-state index is 0.0351. The Hall–Kier alpha value is -1.55. The number of rotatable bonds is 7. The van der Waals surface area contributed by atoms with Crippen molar-refractivity contribution in [3.63, 3.8) is 0 Å². The van der Waals surface area contributed by atoms with Crippen LogP contribution in [0.25, 0.3) is 0 Å². The first-order valence-corrected chi connectivity index (χ1v) is 5.65. The highest BCUT2D eigenvalue weighted by atomic mass is 16.5. The Morgan fingerprint density at radius 3 is 2.76 bits per heavy atom. The van der Waals surface area contributed by atoms with Crippen molar-refractivity contribution >= 4 is 5.91 Å². The van der Waals surface area contributed by atoms with Gasteiger partial charge < -0.3 is 14.8 Å². The Bertz CT molecular complexity index is 352. The van der Waals surface area contributed by atoms with Gasteiger partial charge in [-0.3, -0.25) is 4.79 Å². The molecule has 0 atom stereocenters. The lowest BCUT2D eigenvalue weighted by atomic mass is 10.1. The van der Waals surface area contributed by atoms with Gasteiger partial charge in [0.2, 0.25) is 5.91 Å². The second kappa shape index (κ2) is 7.68. The maximum absolute atomic E-state index is 11.5. The van der Waals surface area contributed by atoms with Gasteiger partial charge in [0.1, 0.15) is 5.75 Å². The Labute approximate surface area is 102 Å². The molecule has 4 heteroatoms. The van der Waals surface area contributed by atoms with Gasteiger partial charge >= 0.3 is 0 Å². The maximum Gasteiger partial charge on any atom is 0.220 e. The highest BCUT2D eigenvalue weighted by Crippen LogP contribution is 2.18. The van der Waals surface area contributed by atoms with Gasteiger partial charge in [-0.1, -0.05) is 18.2 Å². The zero-order valence-electron chi connectivity index (χ0n) is 10.4.